The minimum Gasteiger partial charge on any atom is -0.505 e. The molecule has 2 aliphatic rings. The molecule has 0 atom stereocenters. The lowest BCUT2D eigenvalue weighted by Crippen LogP contribution is -2.49. The number of nitrogens with one attached hydrogen (secondary N) is 1. The first-order valence-corrected chi connectivity index (χ1v) is 13.3. The van der Waals surface area contributed by atoms with Crippen molar-refractivity contribution in [1.82, 2.24) is 14.9 Å². The number of urea groups is 1. The summed E-state index contributed by atoms with van der Waals surface area (Å²) in [6, 6.07) is 1.18. The van der Waals surface area contributed by atoms with E-state index in [1.807, 2.05) is 0 Å². The van der Waals surface area contributed by atoms with Gasteiger partial charge in [-0.05, 0) is 59.9 Å². The van der Waals surface area contributed by atoms with E-state index < -0.39 is 29.1 Å². The van der Waals surface area contributed by atoms with Crippen LogP contribution in [0.4, 0.5) is 31.0 Å². The molecule has 1 aliphatic heterocycles. The van der Waals surface area contributed by atoms with Crippen molar-refractivity contribution in [2.45, 2.75) is 84.5 Å². The van der Waals surface area contributed by atoms with Crippen LogP contribution in [0, 0.1) is 11.6 Å². The Labute approximate surface area is 222 Å². The first-order chi connectivity index (χ1) is 18.1. The van der Waals surface area contributed by atoms with Gasteiger partial charge in [-0.1, -0.05) is 6.42 Å². The maximum Gasteiger partial charge on any atom is 0.330 e. The van der Waals surface area contributed by atoms with E-state index in [-0.39, 0.29) is 18.3 Å². The summed E-state index contributed by atoms with van der Waals surface area (Å²) < 4.78 is 34.9. The molecule has 208 valence electrons. The molecule has 38 heavy (non-hydrogen) atoms. The minimum absolute atomic E-state index is 0.109. The van der Waals surface area contributed by atoms with Crippen LogP contribution in [0.2, 0.25) is 0 Å². The fourth-order valence-electron chi connectivity index (χ4n) is 4.98. The first kappa shape index (κ1) is 27.8. The van der Waals surface area contributed by atoms with E-state index in [1.165, 1.54) is 12.0 Å². The van der Waals surface area contributed by atoms with Gasteiger partial charge in [-0.3, -0.25) is 14.7 Å². The zero-order valence-corrected chi connectivity index (χ0v) is 22.8. The third-order valence-electron chi connectivity index (χ3n) is 7.06. The van der Waals surface area contributed by atoms with E-state index in [4.69, 9.17) is 4.74 Å². The highest BCUT2D eigenvalue weighted by Crippen LogP contribution is 2.42. The summed E-state index contributed by atoms with van der Waals surface area (Å²) in [5.41, 5.74) is -0.0931. The van der Waals surface area contributed by atoms with Gasteiger partial charge in [0.15, 0.2) is 23.1 Å². The number of unbranched alkanes of at least 4 members (excludes halogenated alkanes) is 2. The van der Waals surface area contributed by atoms with Crippen LogP contribution in [-0.2, 0) is 6.54 Å². The van der Waals surface area contributed by atoms with Crippen LogP contribution in [-0.4, -0.2) is 64.3 Å². The van der Waals surface area contributed by atoms with Gasteiger partial charge in [-0.25, -0.2) is 18.6 Å². The van der Waals surface area contributed by atoms with E-state index in [2.05, 4.69) is 47.9 Å². The van der Waals surface area contributed by atoms with Crippen molar-refractivity contribution in [1.29, 1.82) is 0 Å². The summed E-state index contributed by atoms with van der Waals surface area (Å²) in [7, 11) is 1.21. The average molecular weight is 533 g/mol. The third kappa shape index (κ3) is 5.77. The lowest BCUT2D eigenvalue weighted by molar-refractivity contribution is 0.171. The number of ether oxygens (including phenoxy) is 1. The maximum atomic E-state index is 15.1. The molecule has 9 nitrogen and oxygen atoms in total. The van der Waals surface area contributed by atoms with Crippen molar-refractivity contribution in [3.05, 3.63) is 29.5 Å². The molecule has 1 aromatic carbocycles. The highest BCUT2D eigenvalue weighted by atomic mass is 19.1. The fraction of sp³-hybridized carbons (Fsp3) is 0.593. The molecule has 1 aromatic heterocycles. The Bertz CT molecular complexity index is 1150. The summed E-state index contributed by atoms with van der Waals surface area (Å²) in [6.07, 6.45) is 6.25. The smallest absolute Gasteiger partial charge is 0.330 e. The number of nitrogens with zero attached hydrogens (tertiary/aromatic N) is 5. The quantitative estimate of drug-likeness (QED) is 0.359. The van der Waals surface area contributed by atoms with Gasteiger partial charge in [0.2, 0.25) is 5.95 Å². The monoisotopic (exact) mass is 532 g/mol. The predicted molar refractivity (Wildman–Crippen MR) is 143 cm³/mol. The van der Waals surface area contributed by atoms with Crippen LogP contribution in [0.3, 0.4) is 0 Å². The number of aromatic nitrogens is 2. The molecule has 1 saturated carbocycles. The van der Waals surface area contributed by atoms with Crippen LogP contribution in [0.25, 0.3) is 0 Å². The Morgan fingerprint density at radius 3 is 2.50 bits per heavy atom. The van der Waals surface area contributed by atoms with Crippen LogP contribution < -0.4 is 19.9 Å². The Kier molecular flexibility index (Phi) is 8.54. The van der Waals surface area contributed by atoms with Crippen LogP contribution in [0.5, 0.6) is 11.5 Å². The molecular formula is C27H38F2N6O3. The average Bonchev–Trinajstić information content (AvgIpc) is 3.70. The topological polar surface area (TPSA) is 94.1 Å². The third-order valence-corrected chi connectivity index (χ3v) is 7.06. The van der Waals surface area contributed by atoms with Gasteiger partial charge in [-0.15, -0.1) is 0 Å². The molecule has 1 aliphatic carbocycles. The predicted octanol–water partition coefficient (Wildman–Crippen LogP) is 5.28. The molecule has 0 saturated heterocycles. The van der Waals surface area contributed by atoms with Crippen molar-refractivity contribution in [3.63, 3.8) is 0 Å². The van der Waals surface area contributed by atoms with Gasteiger partial charge < -0.3 is 15.2 Å². The normalized spacial score (nSPS) is 15.6. The van der Waals surface area contributed by atoms with E-state index in [0.717, 1.165) is 49.6 Å². The van der Waals surface area contributed by atoms with Gasteiger partial charge >= 0.3 is 6.03 Å². The van der Waals surface area contributed by atoms with E-state index in [1.54, 1.807) is 6.20 Å². The van der Waals surface area contributed by atoms with Crippen molar-refractivity contribution >= 4 is 23.5 Å². The summed E-state index contributed by atoms with van der Waals surface area (Å²) in [5.74, 6) is -2.57. The number of halogens is 2. The van der Waals surface area contributed by atoms with Crippen molar-refractivity contribution in [2.75, 3.05) is 35.3 Å². The number of phenolic OH excluding ortho intramolecular Hbond substituents is 1. The second-order valence-corrected chi connectivity index (χ2v) is 10.5. The molecule has 11 heteroatoms. The second-order valence-electron chi connectivity index (χ2n) is 10.5. The molecule has 2 aromatic rings. The second kappa shape index (κ2) is 11.7. The fourth-order valence-corrected chi connectivity index (χ4v) is 4.98. The molecule has 1 fully saturated rings. The van der Waals surface area contributed by atoms with Gasteiger partial charge in [-0.2, -0.15) is 4.98 Å². The largest absolute Gasteiger partial charge is 0.505 e. The van der Waals surface area contributed by atoms with Crippen molar-refractivity contribution < 1.29 is 23.4 Å². The van der Waals surface area contributed by atoms with Crippen molar-refractivity contribution in [2.24, 2.45) is 0 Å². The zero-order chi connectivity index (χ0) is 27.6. The Balaban J connectivity index is 1.46. The molecule has 2 amide bonds. The zero-order valence-electron chi connectivity index (χ0n) is 22.8. The number of hydrogen-bond acceptors (Lipinski definition) is 7. The number of methoxy groups -OCH3 is 1. The summed E-state index contributed by atoms with van der Waals surface area (Å²) in [6.45, 7) is 10.5. The molecule has 2 heterocycles. The number of anilines is 3. The number of hydrogen-bond donors (Lipinski definition) is 2. The van der Waals surface area contributed by atoms with Gasteiger partial charge in [0.25, 0.3) is 0 Å². The number of amides is 2. The van der Waals surface area contributed by atoms with Gasteiger partial charge in [0.1, 0.15) is 11.5 Å². The standard InChI is InChI=1S/C27H38F2N6O3/c1-16(2)33(17(3)4)12-8-6-7-11-30-26-31-14-18-15-34(27(37)35(19-9-10-19)25(18)32-26)24-22(28)20(36)13-21(38-5)23(24)29/h13-14,16-17,19,36H,6-12,15H2,1-5H3,(H,30,31,32). The highest BCUT2D eigenvalue weighted by Gasteiger charge is 2.44. The molecule has 0 bridgehead atoms. The van der Waals surface area contributed by atoms with Crippen molar-refractivity contribution in [3.8, 4) is 11.5 Å². The maximum absolute atomic E-state index is 15.1. The minimum atomic E-state index is -1.22. The number of carbonyl (C=O) groups excluding carboxylic acids is 1. The Hall–Kier alpha value is -3.21. The van der Waals surface area contributed by atoms with Crippen LogP contribution >= 0.6 is 0 Å². The van der Waals surface area contributed by atoms with E-state index >= 15 is 4.39 Å². The molecule has 0 unspecified atom stereocenters. The number of carbonyl (C=O) groups is 1. The molecule has 2 N–H and O–H groups in total. The summed E-state index contributed by atoms with van der Waals surface area (Å²) in [5, 5.41) is 13.2. The lowest BCUT2D eigenvalue weighted by Gasteiger charge is -2.36. The van der Waals surface area contributed by atoms with Gasteiger partial charge in [0, 0.05) is 42.5 Å². The Morgan fingerprint density at radius 1 is 1.16 bits per heavy atom. The summed E-state index contributed by atoms with van der Waals surface area (Å²) in [4.78, 5) is 27.4. The first-order valence-electron chi connectivity index (χ1n) is 13.3. The van der Waals surface area contributed by atoms with Gasteiger partial charge in [0.05, 0.1) is 13.7 Å². The highest BCUT2D eigenvalue weighted by molar-refractivity contribution is 6.06. The Morgan fingerprint density at radius 2 is 1.87 bits per heavy atom. The van der Waals surface area contributed by atoms with Crippen LogP contribution in [0.15, 0.2) is 12.3 Å². The molecule has 4 rings (SSSR count). The van der Waals surface area contributed by atoms with Crippen LogP contribution in [0.1, 0.15) is 65.4 Å². The van der Waals surface area contributed by atoms with E-state index in [9.17, 15) is 14.3 Å². The SMILES string of the molecule is COc1cc(O)c(F)c(N2Cc3cnc(NCCCCCN(C(C)C)C(C)C)nc3N(C3CC3)C2=O)c1F. The lowest BCUT2D eigenvalue weighted by atomic mass is 10.1. The molecular weight excluding hydrogens is 494 g/mol. The van der Waals surface area contributed by atoms with E-state index in [0.29, 0.717) is 36.0 Å². The summed E-state index contributed by atoms with van der Waals surface area (Å²) >= 11 is 0. The molecule has 0 spiro atoms. The number of rotatable bonds is 12. The number of aromatic hydroxyl groups is 1. The number of fused-ring (bicyclic) bond motifs is 1. The number of benzene rings is 1. The molecule has 0 radical (unpaired) electrons. The number of phenols is 1.